The third-order valence-electron chi connectivity index (χ3n) is 6.26. The molecular formula is C18H33NO2. The summed E-state index contributed by atoms with van der Waals surface area (Å²) in [6.45, 7) is 6.30. The minimum absolute atomic E-state index is 0.174. The van der Waals surface area contributed by atoms with E-state index in [1.54, 1.807) is 0 Å². The van der Waals surface area contributed by atoms with Gasteiger partial charge < -0.3 is 15.2 Å². The van der Waals surface area contributed by atoms with E-state index in [0.717, 1.165) is 51.7 Å². The lowest BCUT2D eigenvalue weighted by atomic mass is 9.71. The van der Waals surface area contributed by atoms with Gasteiger partial charge in [-0.3, -0.25) is 0 Å². The van der Waals surface area contributed by atoms with Crippen LogP contribution >= 0.6 is 0 Å². The number of ether oxygens (including phenoxy) is 1. The zero-order valence-electron chi connectivity index (χ0n) is 13.9. The van der Waals surface area contributed by atoms with Crippen LogP contribution in [0.25, 0.3) is 0 Å². The topological polar surface area (TPSA) is 41.5 Å². The molecule has 1 saturated heterocycles. The van der Waals surface area contributed by atoms with Crippen molar-refractivity contribution in [3.05, 3.63) is 0 Å². The Morgan fingerprint density at radius 2 is 1.71 bits per heavy atom. The van der Waals surface area contributed by atoms with Crippen molar-refractivity contribution >= 4 is 0 Å². The summed E-state index contributed by atoms with van der Waals surface area (Å²) in [4.78, 5) is 0. The Balaban J connectivity index is 1.48. The number of nitrogens with one attached hydrogen (secondary N) is 1. The Morgan fingerprint density at radius 3 is 2.38 bits per heavy atom. The van der Waals surface area contributed by atoms with Crippen LogP contribution in [0.3, 0.4) is 0 Å². The Labute approximate surface area is 129 Å². The first-order chi connectivity index (χ1) is 9.91. The number of hydrogen-bond acceptors (Lipinski definition) is 3. The minimum atomic E-state index is -0.476. The normalized spacial score (nSPS) is 34.1. The molecule has 21 heavy (non-hydrogen) atoms. The fourth-order valence-electron chi connectivity index (χ4n) is 4.47. The van der Waals surface area contributed by atoms with E-state index in [9.17, 15) is 5.11 Å². The first kappa shape index (κ1) is 15.8. The third kappa shape index (κ3) is 3.80. The first-order valence-corrected chi connectivity index (χ1v) is 9.00. The van der Waals surface area contributed by atoms with Gasteiger partial charge in [0.15, 0.2) is 0 Å². The van der Waals surface area contributed by atoms with Crippen molar-refractivity contribution in [2.24, 2.45) is 5.41 Å². The lowest BCUT2D eigenvalue weighted by molar-refractivity contribution is -0.0883. The van der Waals surface area contributed by atoms with E-state index in [-0.39, 0.29) is 5.60 Å². The summed E-state index contributed by atoms with van der Waals surface area (Å²) in [5, 5.41) is 14.5. The Hall–Kier alpha value is -0.120. The highest BCUT2D eigenvalue weighted by Gasteiger charge is 2.41. The molecule has 0 aromatic heterocycles. The second-order valence-corrected chi connectivity index (χ2v) is 8.70. The zero-order valence-corrected chi connectivity index (χ0v) is 13.9. The van der Waals surface area contributed by atoms with Crippen molar-refractivity contribution in [2.45, 2.75) is 95.3 Å². The predicted molar refractivity (Wildman–Crippen MR) is 85.4 cm³/mol. The third-order valence-corrected chi connectivity index (χ3v) is 6.26. The van der Waals surface area contributed by atoms with Crippen LogP contribution in [-0.2, 0) is 4.74 Å². The molecule has 1 heterocycles. The molecular weight excluding hydrogens is 262 g/mol. The summed E-state index contributed by atoms with van der Waals surface area (Å²) in [6, 6.07) is 0.538. The monoisotopic (exact) mass is 295 g/mol. The van der Waals surface area contributed by atoms with Crippen LogP contribution in [-0.4, -0.2) is 35.5 Å². The highest BCUT2D eigenvalue weighted by molar-refractivity contribution is 4.96. The summed E-state index contributed by atoms with van der Waals surface area (Å²) >= 11 is 0. The van der Waals surface area contributed by atoms with Gasteiger partial charge in [-0.15, -0.1) is 0 Å². The molecule has 3 nitrogen and oxygen atoms in total. The van der Waals surface area contributed by atoms with Gasteiger partial charge in [0.25, 0.3) is 0 Å². The van der Waals surface area contributed by atoms with E-state index in [2.05, 4.69) is 19.2 Å². The molecule has 2 aliphatic carbocycles. The van der Waals surface area contributed by atoms with E-state index in [1.165, 1.54) is 25.7 Å². The molecule has 0 aromatic rings. The maximum Gasteiger partial charge on any atom is 0.0772 e. The Bertz CT molecular complexity index is 350. The highest BCUT2D eigenvalue weighted by atomic mass is 16.5. The molecule has 1 atom stereocenters. The Kier molecular flexibility index (Phi) is 4.37. The molecule has 1 spiro atoms. The largest absolute Gasteiger partial charge is 0.389 e. The van der Waals surface area contributed by atoms with Gasteiger partial charge in [-0.1, -0.05) is 26.7 Å². The molecule has 2 N–H and O–H groups in total. The molecule has 3 rings (SSSR count). The molecule has 3 aliphatic rings. The summed E-state index contributed by atoms with van der Waals surface area (Å²) in [5.74, 6) is 0. The highest BCUT2D eigenvalue weighted by Crippen LogP contribution is 2.41. The van der Waals surface area contributed by atoms with Crippen molar-refractivity contribution in [1.82, 2.24) is 5.32 Å². The molecule has 3 heteroatoms. The smallest absolute Gasteiger partial charge is 0.0772 e. The second kappa shape index (κ2) is 5.82. The van der Waals surface area contributed by atoms with Crippen molar-refractivity contribution in [2.75, 3.05) is 13.2 Å². The molecule has 0 bridgehead atoms. The number of hydrogen-bond donors (Lipinski definition) is 2. The standard InChI is InChI=1S/C18H33NO2/c1-16(2)8-10-17(20,11-9-16)14-19-15-5-12-21-18(13-15)6-3-4-7-18/h15,19-20H,3-14H2,1-2H3. The quantitative estimate of drug-likeness (QED) is 0.838. The summed E-state index contributed by atoms with van der Waals surface area (Å²) < 4.78 is 6.10. The second-order valence-electron chi connectivity index (χ2n) is 8.70. The number of rotatable bonds is 3. The average Bonchev–Trinajstić information content (AvgIpc) is 2.89. The van der Waals surface area contributed by atoms with Gasteiger partial charge in [-0.25, -0.2) is 0 Å². The lowest BCUT2D eigenvalue weighted by Gasteiger charge is -2.43. The molecule has 1 aliphatic heterocycles. The van der Waals surface area contributed by atoms with E-state index < -0.39 is 5.60 Å². The molecule has 3 fully saturated rings. The summed E-state index contributed by atoms with van der Waals surface area (Å²) in [6.07, 6.45) is 11.6. The molecule has 0 amide bonds. The summed E-state index contributed by atoms with van der Waals surface area (Å²) in [5.41, 5.74) is 0.114. The van der Waals surface area contributed by atoms with Gasteiger partial charge in [-0.05, 0) is 56.8 Å². The van der Waals surface area contributed by atoms with E-state index in [1.807, 2.05) is 0 Å². The fourth-order valence-corrected chi connectivity index (χ4v) is 4.47. The van der Waals surface area contributed by atoms with Gasteiger partial charge in [0, 0.05) is 19.2 Å². The van der Waals surface area contributed by atoms with Crippen LogP contribution in [0.2, 0.25) is 0 Å². The minimum Gasteiger partial charge on any atom is -0.389 e. The van der Waals surface area contributed by atoms with E-state index >= 15 is 0 Å². The molecule has 0 aromatic carbocycles. The van der Waals surface area contributed by atoms with E-state index in [4.69, 9.17) is 4.74 Å². The SMILES string of the molecule is CC1(C)CCC(O)(CNC2CCOC3(CCCC3)C2)CC1. The van der Waals surface area contributed by atoms with Gasteiger partial charge in [0.2, 0.25) is 0 Å². The molecule has 1 unspecified atom stereocenters. The first-order valence-electron chi connectivity index (χ1n) is 9.00. The van der Waals surface area contributed by atoms with Gasteiger partial charge >= 0.3 is 0 Å². The van der Waals surface area contributed by atoms with Gasteiger partial charge in [0.1, 0.15) is 0 Å². The van der Waals surface area contributed by atoms with Crippen molar-refractivity contribution in [3.8, 4) is 0 Å². The van der Waals surface area contributed by atoms with E-state index in [0.29, 0.717) is 11.5 Å². The summed E-state index contributed by atoms with van der Waals surface area (Å²) in [7, 11) is 0. The van der Waals surface area contributed by atoms with Gasteiger partial charge in [-0.2, -0.15) is 0 Å². The molecule has 122 valence electrons. The number of aliphatic hydroxyl groups is 1. The van der Waals surface area contributed by atoms with Crippen LogP contribution in [0.1, 0.15) is 78.1 Å². The molecule has 2 saturated carbocycles. The maximum atomic E-state index is 10.8. The average molecular weight is 295 g/mol. The maximum absolute atomic E-state index is 10.8. The van der Waals surface area contributed by atoms with Crippen LogP contribution in [0, 0.1) is 5.41 Å². The zero-order chi connectivity index (χ0) is 15.0. The van der Waals surface area contributed by atoms with Crippen LogP contribution in [0.4, 0.5) is 0 Å². The van der Waals surface area contributed by atoms with Crippen LogP contribution in [0.5, 0.6) is 0 Å². The van der Waals surface area contributed by atoms with Crippen LogP contribution in [0.15, 0.2) is 0 Å². The fraction of sp³-hybridized carbons (Fsp3) is 1.00. The predicted octanol–water partition coefficient (Wildman–Crippen LogP) is 3.40. The van der Waals surface area contributed by atoms with Crippen molar-refractivity contribution in [3.63, 3.8) is 0 Å². The molecule has 0 radical (unpaired) electrons. The van der Waals surface area contributed by atoms with Crippen molar-refractivity contribution in [1.29, 1.82) is 0 Å². The Morgan fingerprint density at radius 1 is 1.05 bits per heavy atom. The lowest BCUT2D eigenvalue weighted by Crippen LogP contribution is -2.51. The van der Waals surface area contributed by atoms with Gasteiger partial charge in [0.05, 0.1) is 11.2 Å². The van der Waals surface area contributed by atoms with Crippen LogP contribution < -0.4 is 5.32 Å². The van der Waals surface area contributed by atoms with Crippen molar-refractivity contribution < 1.29 is 9.84 Å².